The average molecular weight is 320 g/mol. The molecular formula is C15H16N2O2S2. The third-order valence-corrected chi connectivity index (χ3v) is 5.37. The van der Waals surface area contributed by atoms with Crippen molar-refractivity contribution in [2.24, 2.45) is 0 Å². The Kier molecular flexibility index (Phi) is 4.28. The third-order valence-electron chi connectivity index (χ3n) is 3.56. The van der Waals surface area contributed by atoms with Gasteiger partial charge >= 0.3 is 0 Å². The first-order chi connectivity index (χ1) is 10.2. The van der Waals surface area contributed by atoms with Gasteiger partial charge in [0, 0.05) is 22.8 Å². The molecule has 0 saturated carbocycles. The fourth-order valence-corrected chi connectivity index (χ4v) is 4.06. The second-order valence-electron chi connectivity index (χ2n) is 5.01. The number of nitrogens with zero attached hydrogens (tertiary/aromatic N) is 1. The molecule has 0 aliphatic carbocycles. The number of thioether (sulfide) groups is 1. The van der Waals surface area contributed by atoms with Gasteiger partial charge in [0.25, 0.3) is 5.91 Å². The first-order valence-corrected chi connectivity index (χ1v) is 8.82. The number of rotatable bonds is 3. The van der Waals surface area contributed by atoms with E-state index in [2.05, 4.69) is 10.3 Å². The number of amides is 1. The van der Waals surface area contributed by atoms with Crippen molar-refractivity contribution in [1.82, 2.24) is 4.98 Å². The van der Waals surface area contributed by atoms with Crippen molar-refractivity contribution in [3.63, 3.8) is 0 Å². The predicted molar refractivity (Wildman–Crippen MR) is 87.7 cm³/mol. The van der Waals surface area contributed by atoms with E-state index in [4.69, 9.17) is 0 Å². The molecule has 1 saturated heterocycles. The Morgan fingerprint density at radius 3 is 2.57 bits per heavy atom. The van der Waals surface area contributed by atoms with Crippen molar-refractivity contribution in [3.05, 3.63) is 35.8 Å². The first-order valence-electron chi connectivity index (χ1n) is 6.79. The normalized spacial score (nSPS) is 17.4. The van der Waals surface area contributed by atoms with Gasteiger partial charge in [-0.3, -0.25) is 4.79 Å². The molecule has 1 fully saturated rings. The van der Waals surface area contributed by atoms with E-state index >= 15 is 0 Å². The molecular weight excluding hydrogens is 304 g/mol. The Balaban J connectivity index is 1.69. The zero-order valence-corrected chi connectivity index (χ0v) is 13.0. The second-order valence-corrected chi connectivity index (χ2v) is 7.13. The summed E-state index contributed by atoms with van der Waals surface area (Å²) in [5.74, 6) is 1.35. The average Bonchev–Trinajstić information content (AvgIpc) is 3.03. The summed E-state index contributed by atoms with van der Waals surface area (Å²) in [6.45, 7) is 0. The van der Waals surface area contributed by atoms with Crippen LogP contribution in [0.5, 0.6) is 0 Å². The lowest BCUT2D eigenvalue weighted by Crippen LogP contribution is -2.45. The van der Waals surface area contributed by atoms with Gasteiger partial charge in [-0.05, 0) is 48.6 Å². The van der Waals surface area contributed by atoms with E-state index in [0.717, 1.165) is 22.1 Å². The standard InChI is InChI=1S/C15H16N2O2S2/c18-14(15(19)5-8-20-9-6-15)17-12-3-1-11(2-4-12)13-16-7-10-21-13/h1-4,7,10,19H,5-6,8-9H2,(H,17,18). The predicted octanol–water partition coefficient (Wildman–Crippen LogP) is 3.01. The van der Waals surface area contributed by atoms with Gasteiger partial charge in [0.15, 0.2) is 0 Å². The Morgan fingerprint density at radius 1 is 1.24 bits per heavy atom. The number of aromatic nitrogens is 1. The number of carbonyl (C=O) groups excluding carboxylic acids is 1. The Labute approximate surface area is 131 Å². The topological polar surface area (TPSA) is 62.2 Å². The number of thiazole rings is 1. The molecule has 0 atom stereocenters. The summed E-state index contributed by atoms with van der Waals surface area (Å²) < 4.78 is 0. The van der Waals surface area contributed by atoms with Crippen LogP contribution in [0.15, 0.2) is 35.8 Å². The number of anilines is 1. The molecule has 2 heterocycles. The van der Waals surface area contributed by atoms with Crippen LogP contribution in [-0.4, -0.2) is 33.1 Å². The molecule has 1 aliphatic heterocycles. The highest BCUT2D eigenvalue weighted by atomic mass is 32.2. The van der Waals surface area contributed by atoms with Crippen LogP contribution in [0.2, 0.25) is 0 Å². The van der Waals surface area contributed by atoms with Crippen LogP contribution in [0.1, 0.15) is 12.8 Å². The summed E-state index contributed by atoms with van der Waals surface area (Å²) in [4.78, 5) is 16.5. The van der Waals surface area contributed by atoms with Gasteiger partial charge in [-0.1, -0.05) is 0 Å². The SMILES string of the molecule is O=C(Nc1ccc(-c2nccs2)cc1)C1(O)CCSCC1. The van der Waals surface area contributed by atoms with E-state index in [1.54, 1.807) is 29.3 Å². The van der Waals surface area contributed by atoms with E-state index in [-0.39, 0.29) is 5.91 Å². The minimum atomic E-state index is -1.22. The fourth-order valence-electron chi connectivity index (χ4n) is 2.25. The summed E-state index contributed by atoms with van der Waals surface area (Å²) in [6, 6.07) is 7.54. The molecule has 1 aliphatic rings. The van der Waals surface area contributed by atoms with Crippen LogP contribution in [0.3, 0.4) is 0 Å². The number of benzene rings is 1. The maximum atomic E-state index is 12.2. The number of nitrogens with one attached hydrogen (secondary N) is 1. The Morgan fingerprint density at radius 2 is 1.95 bits per heavy atom. The highest BCUT2D eigenvalue weighted by Crippen LogP contribution is 2.29. The van der Waals surface area contributed by atoms with Crippen LogP contribution in [0.25, 0.3) is 10.6 Å². The molecule has 6 heteroatoms. The molecule has 0 spiro atoms. The van der Waals surface area contributed by atoms with Crippen LogP contribution in [0, 0.1) is 0 Å². The number of carbonyl (C=O) groups is 1. The van der Waals surface area contributed by atoms with Crippen molar-refractivity contribution < 1.29 is 9.90 Å². The van der Waals surface area contributed by atoms with Crippen LogP contribution in [0.4, 0.5) is 5.69 Å². The molecule has 0 radical (unpaired) electrons. The number of aliphatic hydroxyl groups is 1. The van der Waals surface area contributed by atoms with Crippen molar-refractivity contribution in [2.45, 2.75) is 18.4 Å². The molecule has 0 bridgehead atoms. The fraction of sp³-hybridized carbons (Fsp3) is 0.333. The van der Waals surface area contributed by atoms with Crippen LogP contribution >= 0.6 is 23.1 Å². The zero-order chi connectivity index (χ0) is 14.7. The van der Waals surface area contributed by atoms with Gasteiger partial charge in [0.1, 0.15) is 10.6 Å². The molecule has 3 rings (SSSR count). The summed E-state index contributed by atoms with van der Waals surface area (Å²) in [5, 5.41) is 16.1. The summed E-state index contributed by atoms with van der Waals surface area (Å²) in [7, 11) is 0. The van der Waals surface area contributed by atoms with Crippen molar-refractivity contribution in [1.29, 1.82) is 0 Å². The molecule has 2 N–H and O–H groups in total. The third kappa shape index (κ3) is 3.28. The molecule has 4 nitrogen and oxygen atoms in total. The van der Waals surface area contributed by atoms with Gasteiger partial charge in [-0.2, -0.15) is 11.8 Å². The molecule has 2 aromatic rings. The molecule has 0 unspecified atom stereocenters. The van der Waals surface area contributed by atoms with Crippen molar-refractivity contribution in [2.75, 3.05) is 16.8 Å². The summed E-state index contributed by atoms with van der Waals surface area (Å²) in [6.07, 6.45) is 2.80. The van der Waals surface area contributed by atoms with Crippen LogP contribution < -0.4 is 5.32 Å². The number of hydrogen-bond donors (Lipinski definition) is 2. The highest BCUT2D eigenvalue weighted by Gasteiger charge is 2.37. The van der Waals surface area contributed by atoms with E-state index < -0.39 is 5.60 Å². The highest BCUT2D eigenvalue weighted by molar-refractivity contribution is 7.99. The summed E-state index contributed by atoms with van der Waals surface area (Å²) >= 11 is 3.35. The zero-order valence-electron chi connectivity index (χ0n) is 11.4. The molecule has 1 amide bonds. The molecule has 1 aromatic heterocycles. The van der Waals surface area contributed by atoms with E-state index in [1.807, 2.05) is 29.6 Å². The quantitative estimate of drug-likeness (QED) is 0.912. The minimum absolute atomic E-state index is 0.301. The lowest BCUT2D eigenvalue weighted by atomic mass is 9.95. The first kappa shape index (κ1) is 14.6. The lowest BCUT2D eigenvalue weighted by molar-refractivity contribution is -0.134. The second kappa shape index (κ2) is 6.17. The molecule has 110 valence electrons. The monoisotopic (exact) mass is 320 g/mol. The maximum Gasteiger partial charge on any atom is 0.256 e. The minimum Gasteiger partial charge on any atom is -0.380 e. The lowest BCUT2D eigenvalue weighted by Gasteiger charge is -2.30. The largest absolute Gasteiger partial charge is 0.380 e. The maximum absolute atomic E-state index is 12.2. The van der Waals surface area contributed by atoms with Gasteiger partial charge in [-0.25, -0.2) is 4.98 Å². The van der Waals surface area contributed by atoms with E-state index in [1.165, 1.54) is 0 Å². The Bertz CT molecular complexity index is 605. The van der Waals surface area contributed by atoms with Gasteiger partial charge < -0.3 is 10.4 Å². The van der Waals surface area contributed by atoms with Crippen molar-refractivity contribution >= 4 is 34.7 Å². The number of hydrogen-bond acceptors (Lipinski definition) is 5. The van der Waals surface area contributed by atoms with E-state index in [9.17, 15) is 9.90 Å². The van der Waals surface area contributed by atoms with E-state index in [0.29, 0.717) is 18.5 Å². The van der Waals surface area contributed by atoms with Gasteiger partial charge in [0.2, 0.25) is 0 Å². The van der Waals surface area contributed by atoms with Crippen LogP contribution in [-0.2, 0) is 4.79 Å². The molecule has 1 aromatic carbocycles. The van der Waals surface area contributed by atoms with Gasteiger partial charge in [-0.15, -0.1) is 11.3 Å². The smallest absolute Gasteiger partial charge is 0.256 e. The summed E-state index contributed by atoms with van der Waals surface area (Å²) in [5.41, 5.74) is 0.502. The Hall–Kier alpha value is -1.37. The van der Waals surface area contributed by atoms with Gasteiger partial charge in [0.05, 0.1) is 0 Å². The van der Waals surface area contributed by atoms with Crippen molar-refractivity contribution in [3.8, 4) is 10.6 Å². The molecule has 21 heavy (non-hydrogen) atoms.